The first-order chi connectivity index (χ1) is 16.8. The molecule has 2 aromatic carbocycles. The van der Waals surface area contributed by atoms with Crippen molar-refractivity contribution in [1.82, 2.24) is 20.2 Å². The number of allylic oxidation sites excluding steroid dienone is 2. The van der Waals surface area contributed by atoms with Crippen molar-refractivity contribution in [3.8, 4) is 0 Å². The predicted molar refractivity (Wildman–Crippen MR) is 124 cm³/mol. The molecule has 0 bridgehead atoms. The first-order valence-corrected chi connectivity index (χ1v) is 10.8. The van der Waals surface area contributed by atoms with E-state index in [1.54, 1.807) is 38.2 Å². The number of carbonyl (C=O) groups excluding carboxylic acids is 2. The van der Waals surface area contributed by atoms with Gasteiger partial charge in [0, 0.05) is 17.6 Å². The first kappa shape index (κ1) is 25.6. The molecule has 0 saturated carbocycles. The summed E-state index contributed by atoms with van der Waals surface area (Å²) in [5.41, 5.74) is 2.09. The number of ether oxygens (including phenoxy) is 1. The number of rotatable bonds is 10. The van der Waals surface area contributed by atoms with Gasteiger partial charge in [-0.1, -0.05) is 36.4 Å². The van der Waals surface area contributed by atoms with E-state index in [9.17, 15) is 23.5 Å². The van der Waals surface area contributed by atoms with E-state index in [0.717, 1.165) is 0 Å². The van der Waals surface area contributed by atoms with E-state index in [2.05, 4.69) is 15.4 Å². The van der Waals surface area contributed by atoms with Gasteiger partial charge >= 0.3 is 5.97 Å². The summed E-state index contributed by atoms with van der Waals surface area (Å²) in [5, 5.41) is 22.6. The van der Waals surface area contributed by atoms with Gasteiger partial charge in [-0.15, -0.1) is 10.2 Å². The summed E-state index contributed by atoms with van der Waals surface area (Å²) in [7, 11) is 1.58. The Balaban J connectivity index is 2.04. The lowest BCUT2D eigenvalue weighted by Gasteiger charge is -2.13. The van der Waals surface area contributed by atoms with Crippen LogP contribution in [0, 0.1) is 11.6 Å². The number of aliphatic hydroxyl groups excluding tert-OH is 1. The molecule has 3 aromatic rings. The third kappa shape index (κ3) is 7.21. The zero-order chi connectivity index (χ0) is 25.4. The van der Waals surface area contributed by atoms with Gasteiger partial charge in [0.2, 0.25) is 5.82 Å². The molecule has 0 fully saturated rings. The van der Waals surface area contributed by atoms with Gasteiger partial charge in [0.1, 0.15) is 23.8 Å². The standard InChI is InChI=1S/C25H24F2N4O4/c1-3-35-23(34)15-21(33)14-20(32)12-13-22(25-28-30-31(2)29-25)24(16-4-8-18(26)9-5-16)17-6-10-19(27)11-7-17/h4-13,20,32H,3,14-15H2,1-2H3. The van der Waals surface area contributed by atoms with Crippen molar-refractivity contribution >= 4 is 22.9 Å². The number of benzene rings is 2. The molecule has 1 N–H and O–H groups in total. The van der Waals surface area contributed by atoms with Crippen LogP contribution in [-0.4, -0.2) is 49.8 Å². The number of esters is 1. The summed E-state index contributed by atoms with van der Waals surface area (Å²) in [4.78, 5) is 24.8. The van der Waals surface area contributed by atoms with E-state index in [4.69, 9.17) is 4.74 Å². The van der Waals surface area contributed by atoms with Gasteiger partial charge in [-0.05, 0) is 47.5 Å². The number of carbonyl (C=O) groups is 2. The highest BCUT2D eigenvalue weighted by molar-refractivity contribution is 6.01. The molecule has 3 rings (SSSR count). The number of aliphatic hydroxyl groups is 1. The van der Waals surface area contributed by atoms with Crippen LogP contribution in [0.15, 0.2) is 60.7 Å². The van der Waals surface area contributed by atoms with Crippen molar-refractivity contribution in [1.29, 1.82) is 0 Å². The highest BCUT2D eigenvalue weighted by atomic mass is 19.1. The smallest absolute Gasteiger partial charge is 0.313 e. The lowest BCUT2D eigenvalue weighted by Crippen LogP contribution is -2.16. The van der Waals surface area contributed by atoms with E-state index in [-0.39, 0.29) is 18.9 Å². The molecular formula is C25H24F2N4O4. The second-order valence-corrected chi connectivity index (χ2v) is 7.56. The Morgan fingerprint density at radius 3 is 2.11 bits per heavy atom. The monoisotopic (exact) mass is 482 g/mol. The maximum Gasteiger partial charge on any atom is 0.313 e. The number of aryl methyl sites for hydroxylation is 1. The molecule has 0 aliphatic carbocycles. The SMILES string of the molecule is CCOC(=O)CC(=O)CC(O)C=CC(=C(c1ccc(F)cc1)c1ccc(F)cc1)c1nnn(C)n1. The Bertz CT molecular complexity index is 1190. The minimum Gasteiger partial charge on any atom is -0.466 e. The van der Waals surface area contributed by atoms with Crippen molar-refractivity contribution in [2.45, 2.75) is 25.9 Å². The largest absolute Gasteiger partial charge is 0.466 e. The number of tetrazole rings is 1. The van der Waals surface area contributed by atoms with Gasteiger partial charge in [0.15, 0.2) is 0 Å². The molecule has 0 aliphatic rings. The molecule has 0 saturated heterocycles. The summed E-state index contributed by atoms with van der Waals surface area (Å²) >= 11 is 0. The van der Waals surface area contributed by atoms with Crippen LogP contribution in [0.5, 0.6) is 0 Å². The van der Waals surface area contributed by atoms with Crippen LogP contribution in [0.2, 0.25) is 0 Å². The fourth-order valence-electron chi connectivity index (χ4n) is 3.33. The number of nitrogens with zero attached hydrogens (tertiary/aromatic N) is 4. The summed E-state index contributed by atoms with van der Waals surface area (Å²) in [6.07, 6.45) is 0.914. The maximum absolute atomic E-state index is 13.6. The van der Waals surface area contributed by atoms with Crippen LogP contribution in [-0.2, 0) is 21.4 Å². The zero-order valence-electron chi connectivity index (χ0n) is 19.2. The number of aromatic nitrogens is 4. The van der Waals surface area contributed by atoms with Crippen LogP contribution in [0.25, 0.3) is 11.1 Å². The third-order valence-electron chi connectivity index (χ3n) is 4.85. The number of hydrogen-bond acceptors (Lipinski definition) is 7. The molecule has 10 heteroatoms. The summed E-state index contributed by atoms with van der Waals surface area (Å²) in [6.45, 7) is 1.79. The molecule has 0 amide bonds. The average Bonchev–Trinajstić information content (AvgIpc) is 3.24. The summed E-state index contributed by atoms with van der Waals surface area (Å²) in [5.74, 6) is -1.82. The Morgan fingerprint density at radius 1 is 1.06 bits per heavy atom. The van der Waals surface area contributed by atoms with Gasteiger partial charge < -0.3 is 9.84 Å². The van der Waals surface area contributed by atoms with Crippen molar-refractivity contribution < 1.29 is 28.2 Å². The summed E-state index contributed by atoms with van der Waals surface area (Å²) in [6, 6.07) is 11.4. The average molecular weight is 482 g/mol. The first-order valence-electron chi connectivity index (χ1n) is 10.8. The Morgan fingerprint density at radius 2 is 1.63 bits per heavy atom. The van der Waals surface area contributed by atoms with Crippen molar-refractivity contribution in [2.75, 3.05) is 6.61 Å². The van der Waals surface area contributed by atoms with Crippen LogP contribution >= 0.6 is 0 Å². The maximum atomic E-state index is 13.6. The van der Waals surface area contributed by atoms with Crippen LogP contribution in [0.4, 0.5) is 8.78 Å². The minimum atomic E-state index is -1.22. The van der Waals surface area contributed by atoms with E-state index in [0.29, 0.717) is 22.3 Å². The lowest BCUT2D eigenvalue weighted by atomic mass is 9.92. The molecule has 1 atom stereocenters. The van der Waals surface area contributed by atoms with E-state index < -0.39 is 35.9 Å². The second kappa shape index (κ2) is 11.9. The molecule has 0 spiro atoms. The minimum absolute atomic E-state index is 0.156. The van der Waals surface area contributed by atoms with Gasteiger partial charge in [-0.2, -0.15) is 4.80 Å². The predicted octanol–water partition coefficient (Wildman–Crippen LogP) is 3.28. The van der Waals surface area contributed by atoms with Crippen molar-refractivity contribution in [3.63, 3.8) is 0 Å². The molecule has 0 aliphatic heterocycles. The lowest BCUT2D eigenvalue weighted by molar-refractivity contribution is -0.145. The van der Waals surface area contributed by atoms with Gasteiger partial charge in [-0.25, -0.2) is 8.78 Å². The topological polar surface area (TPSA) is 107 Å². The Kier molecular flexibility index (Phi) is 8.69. The number of Topliss-reactive ketones (excluding diaryl/α,β-unsaturated/α-hetero) is 1. The van der Waals surface area contributed by atoms with E-state index in [1.807, 2.05) is 0 Å². The molecular weight excluding hydrogens is 458 g/mol. The van der Waals surface area contributed by atoms with Crippen LogP contribution in [0.1, 0.15) is 36.7 Å². The van der Waals surface area contributed by atoms with Gasteiger partial charge in [0.05, 0.1) is 19.8 Å². The second-order valence-electron chi connectivity index (χ2n) is 7.56. The zero-order valence-corrected chi connectivity index (χ0v) is 19.2. The van der Waals surface area contributed by atoms with Crippen LogP contribution in [0.3, 0.4) is 0 Å². The fourth-order valence-corrected chi connectivity index (χ4v) is 3.33. The normalized spacial score (nSPS) is 11.9. The molecule has 1 heterocycles. The summed E-state index contributed by atoms with van der Waals surface area (Å²) < 4.78 is 32.0. The number of hydrogen-bond donors (Lipinski definition) is 1. The highest BCUT2D eigenvalue weighted by Crippen LogP contribution is 2.32. The van der Waals surface area contributed by atoms with Gasteiger partial charge in [0.25, 0.3) is 0 Å². The van der Waals surface area contributed by atoms with E-state index in [1.165, 1.54) is 41.2 Å². The molecule has 1 unspecified atom stereocenters. The quantitative estimate of drug-likeness (QED) is 0.268. The molecule has 1 aromatic heterocycles. The highest BCUT2D eigenvalue weighted by Gasteiger charge is 2.18. The molecule has 0 radical (unpaired) electrons. The molecule has 8 nitrogen and oxygen atoms in total. The molecule has 182 valence electrons. The number of halogens is 2. The van der Waals surface area contributed by atoms with Crippen molar-refractivity contribution in [3.05, 3.63) is 89.3 Å². The Hall–Kier alpha value is -4.05. The van der Waals surface area contributed by atoms with Crippen molar-refractivity contribution in [2.24, 2.45) is 7.05 Å². The Labute approximate surface area is 200 Å². The molecule has 35 heavy (non-hydrogen) atoms. The van der Waals surface area contributed by atoms with Gasteiger partial charge in [-0.3, -0.25) is 9.59 Å². The van der Waals surface area contributed by atoms with Crippen LogP contribution < -0.4 is 0 Å². The number of ketones is 1. The third-order valence-corrected chi connectivity index (χ3v) is 4.85. The fraction of sp³-hybridized carbons (Fsp3) is 0.240. The van der Waals surface area contributed by atoms with E-state index >= 15 is 0 Å².